The summed E-state index contributed by atoms with van der Waals surface area (Å²) in [5, 5.41) is 0.351. The molecule has 0 fully saturated rings. The molecule has 1 aromatic heterocycles. The lowest BCUT2D eigenvalue weighted by molar-refractivity contribution is 0.386. The van der Waals surface area contributed by atoms with E-state index in [-0.39, 0.29) is 21.4 Å². The van der Waals surface area contributed by atoms with Crippen LogP contribution in [0, 0.1) is 11.6 Å². The minimum atomic E-state index is -2.35. The maximum Gasteiger partial charge on any atom is 0.243 e. The van der Waals surface area contributed by atoms with Crippen LogP contribution in [-0.2, 0) is 0 Å². The highest BCUT2D eigenvalue weighted by molar-refractivity contribution is 6.79. The summed E-state index contributed by atoms with van der Waals surface area (Å²) in [6.07, 6.45) is 1.38. The number of methoxy groups -OCH3 is 1. The van der Waals surface area contributed by atoms with Crippen molar-refractivity contribution in [3.63, 3.8) is 0 Å². The summed E-state index contributed by atoms with van der Waals surface area (Å²) in [5.41, 5.74) is 0.989. The molecule has 3 rings (SSSR count). The maximum atomic E-state index is 14.6. The minimum Gasteiger partial charge on any atom is -0.494 e. The van der Waals surface area contributed by atoms with Crippen LogP contribution < -0.4 is 10.3 Å². The van der Waals surface area contributed by atoms with Gasteiger partial charge in [0.2, 0.25) is 5.56 Å². The summed E-state index contributed by atoms with van der Waals surface area (Å²) in [6.45, 7) is 10.4. The molecule has 0 bridgehead atoms. The van der Waals surface area contributed by atoms with Gasteiger partial charge in [-0.05, 0) is 29.3 Å². The number of hydrogen-bond donors (Lipinski definition) is 0. The molecule has 0 saturated heterocycles. The monoisotopic (exact) mass is 462 g/mol. The van der Waals surface area contributed by atoms with Crippen LogP contribution in [0.5, 0.6) is 5.75 Å². The van der Waals surface area contributed by atoms with Gasteiger partial charge in [-0.3, -0.25) is 9.79 Å². The van der Waals surface area contributed by atoms with Gasteiger partial charge in [0.15, 0.2) is 19.8 Å². The maximum absolute atomic E-state index is 14.6. The summed E-state index contributed by atoms with van der Waals surface area (Å²) in [5.74, 6) is -1.18. The predicted molar refractivity (Wildman–Crippen MR) is 126 cm³/mol. The van der Waals surface area contributed by atoms with Crippen LogP contribution in [-0.4, -0.2) is 25.8 Å². The van der Waals surface area contributed by atoms with Gasteiger partial charge in [0.1, 0.15) is 5.82 Å². The molecule has 0 aliphatic heterocycles. The average molecular weight is 463 g/mol. The molecule has 3 aromatic rings. The number of rotatable bonds is 4. The van der Waals surface area contributed by atoms with Crippen molar-refractivity contribution in [3.05, 3.63) is 69.0 Å². The van der Waals surface area contributed by atoms with Crippen molar-refractivity contribution in [2.45, 2.75) is 38.9 Å². The predicted octanol–water partition coefficient (Wildman–Crippen LogP) is 6.55. The van der Waals surface area contributed by atoms with Crippen LogP contribution in [0.25, 0.3) is 10.9 Å². The molecule has 1 heterocycles. The normalized spacial score (nSPS) is 12.7. The van der Waals surface area contributed by atoms with Gasteiger partial charge >= 0.3 is 0 Å². The largest absolute Gasteiger partial charge is 0.494 e. The summed E-state index contributed by atoms with van der Waals surface area (Å²) in [6, 6.07) is 8.80. The summed E-state index contributed by atoms with van der Waals surface area (Å²) in [4.78, 5) is 17.2. The Morgan fingerprint density at radius 3 is 2.42 bits per heavy atom. The van der Waals surface area contributed by atoms with E-state index in [1.165, 1.54) is 37.6 Å². The Labute approximate surface area is 186 Å². The minimum absolute atomic E-state index is 0.0248. The van der Waals surface area contributed by atoms with Crippen molar-refractivity contribution in [1.29, 1.82) is 0 Å². The van der Waals surface area contributed by atoms with E-state index < -0.39 is 19.9 Å². The van der Waals surface area contributed by atoms with Crippen molar-refractivity contribution < 1.29 is 13.5 Å². The Bertz CT molecular complexity index is 1250. The van der Waals surface area contributed by atoms with Crippen molar-refractivity contribution >= 4 is 42.6 Å². The van der Waals surface area contributed by atoms with E-state index in [1.54, 1.807) is 16.4 Å². The molecular weight excluding hydrogens is 438 g/mol. The summed E-state index contributed by atoms with van der Waals surface area (Å²) in [7, 11) is -0.998. The number of aromatic nitrogens is 1. The third-order valence-corrected chi connectivity index (χ3v) is 11.6. The Hall–Kier alpha value is -2.51. The van der Waals surface area contributed by atoms with Crippen LogP contribution >= 0.6 is 11.6 Å². The fourth-order valence-corrected chi connectivity index (χ4v) is 5.54. The van der Waals surface area contributed by atoms with Crippen molar-refractivity contribution in [3.8, 4) is 5.75 Å². The number of nitrogens with zero attached hydrogens (tertiary/aromatic N) is 2. The quantitative estimate of drug-likeness (QED) is 0.326. The van der Waals surface area contributed by atoms with Gasteiger partial charge in [-0.15, -0.1) is 0 Å². The third-order valence-electron chi connectivity index (χ3n) is 5.99. The Morgan fingerprint density at radius 2 is 1.81 bits per heavy atom. The average Bonchev–Trinajstić information content (AvgIpc) is 2.67. The molecule has 0 amide bonds. The van der Waals surface area contributed by atoms with Gasteiger partial charge in [0, 0.05) is 34.8 Å². The molecule has 8 heteroatoms. The molecule has 164 valence electrons. The zero-order valence-corrected chi connectivity index (χ0v) is 20.1. The number of aliphatic imine (C=N–C) groups is 1. The lowest BCUT2D eigenvalue weighted by atomic mass is 10.1. The standard InChI is InChI=1S/C23H25ClF2N2O2Si/c1-23(2,3)31(5,6)28-18-12-15(25)11-17(16(18)8-10-20(28)29)27-13-14-7-9-19(30-4)22(26)21(14)24/h7-13H,1-6H3. The van der Waals surface area contributed by atoms with E-state index in [9.17, 15) is 13.6 Å². The third kappa shape index (κ3) is 4.16. The topological polar surface area (TPSA) is 43.6 Å². The van der Waals surface area contributed by atoms with E-state index in [1.807, 2.05) is 0 Å². The van der Waals surface area contributed by atoms with Crippen LogP contribution in [0.1, 0.15) is 26.3 Å². The fourth-order valence-electron chi connectivity index (χ4n) is 3.26. The van der Waals surface area contributed by atoms with E-state index in [4.69, 9.17) is 16.3 Å². The number of hydrogen-bond acceptors (Lipinski definition) is 3. The highest BCUT2D eigenvalue weighted by atomic mass is 35.5. The highest BCUT2D eigenvalue weighted by Crippen LogP contribution is 2.38. The molecule has 0 aliphatic carbocycles. The second-order valence-corrected chi connectivity index (χ2v) is 14.4. The van der Waals surface area contributed by atoms with E-state index >= 15 is 0 Å². The molecule has 4 nitrogen and oxygen atoms in total. The Morgan fingerprint density at radius 1 is 1.13 bits per heavy atom. The van der Waals surface area contributed by atoms with Gasteiger partial charge in [0.25, 0.3) is 0 Å². The zero-order valence-electron chi connectivity index (χ0n) is 18.4. The molecule has 31 heavy (non-hydrogen) atoms. The second kappa shape index (κ2) is 8.20. The van der Waals surface area contributed by atoms with Crippen LogP contribution in [0.2, 0.25) is 23.2 Å². The van der Waals surface area contributed by atoms with Crippen molar-refractivity contribution in [2.75, 3.05) is 7.11 Å². The smallest absolute Gasteiger partial charge is 0.243 e. The molecule has 0 radical (unpaired) electrons. The SMILES string of the molecule is COc1ccc(C=Nc2cc(F)cc3c2ccc(=O)n3[Si](C)(C)C(C)(C)C)c(Cl)c1F. The van der Waals surface area contributed by atoms with E-state index in [2.05, 4.69) is 38.9 Å². The molecule has 0 unspecified atom stereocenters. The lowest BCUT2D eigenvalue weighted by Crippen LogP contribution is -2.50. The second-order valence-electron chi connectivity index (χ2n) is 8.92. The number of ether oxygens (including phenoxy) is 1. The number of fused-ring (bicyclic) bond motifs is 1. The summed E-state index contributed by atoms with van der Waals surface area (Å²) < 4.78 is 35.5. The van der Waals surface area contributed by atoms with Gasteiger partial charge in [-0.25, -0.2) is 8.78 Å². The molecule has 0 spiro atoms. The van der Waals surface area contributed by atoms with E-state index in [0.29, 0.717) is 22.2 Å². The first-order chi connectivity index (χ1) is 14.4. The van der Waals surface area contributed by atoms with Gasteiger partial charge in [-0.1, -0.05) is 45.5 Å². The first-order valence-corrected chi connectivity index (χ1v) is 13.1. The van der Waals surface area contributed by atoms with Crippen molar-refractivity contribution in [2.24, 2.45) is 4.99 Å². The Balaban J connectivity index is 2.23. The molecular formula is C23H25ClF2N2O2Si. The van der Waals surface area contributed by atoms with Gasteiger partial charge in [0.05, 0.1) is 17.8 Å². The fraction of sp³-hybridized carbons (Fsp3) is 0.304. The highest BCUT2D eigenvalue weighted by Gasteiger charge is 2.39. The van der Waals surface area contributed by atoms with Gasteiger partial charge < -0.3 is 8.97 Å². The Kier molecular flexibility index (Phi) is 6.13. The van der Waals surface area contributed by atoms with Gasteiger partial charge in [-0.2, -0.15) is 0 Å². The summed E-state index contributed by atoms with van der Waals surface area (Å²) >= 11 is 6.09. The first kappa shape index (κ1) is 23.2. The molecule has 0 N–H and O–H groups in total. The number of pyridine rings is 1. The lowest BCUT2D eigenvalue weighted by Gasteiger charge is -2.39. The molecule has 0 saturated carbocycles. The van der Waals surface area contributed by atoms with Crippen LogP contribution in [0.15, 0.2) is 46.2 Å². The number of benzene rings is 2. The zero-order chi connectivity index (χ0) is 23.1. The molecule has 0 aliphatic rings. The van der Waals surface area contributed by atoms with Crippen LogP contribution in [0.3, 0.4) is 0 Å². The number of halogens is 3. The molecule has 0 atom stereocenters. The van der Waals surface area contributed by atoms with Crippen molar-refractivity contribution in [1.82, 2.24) is 4.23 Å². The molecule has 2 aromatic carbocycles. The van der Waals surface area contributed by atoms with E-state index in [0.717, 1.165) is 0 Å². The first-order valence-electron chi connectivity index (χ1n) is 9.80. The van der Waals surface area contributed by atoms with Crippen LogP contribution in [0.4, 0.5) is 14.5 Å².